The van der Waals surface area contributed by atoms with Gasteiger partial charge in [0.1, 0.15) is 11.3 Å². The number of phenolic OH excluding ortho intramolecular Hbond substituents is 1. The molecule has 5 aliphatic rings. The van der Waals surface area contributed by atoms with Gasteiger partial charge in [0.25, 0.3) is 0 Å². The van der Waals surface area contributed by atoms with E-state index in [1.165, 1.54) is 12.3 Å². The van der Waals surface area contributed by atoms with Crippen molar-refractivity contribution < 1.29 is 19.2 Å². The molecule has 1 aromatic heterocycles. The molecule has 1 spiro atoms. The molecule has 0 saturated heterocycles. The molecule has 3 N–H and O–H groups in total. The number of carbonyl (C=O) groups excluding carboxylic acids is 2. The Balaban J connectivity index is 1.05. The molecule has 10 heteroatoms. The highest BCUT2D eigenvalue weighted by molar-refractivity contribution is 6.20. The van der Waals surface area contributed by atoms with Gasteiger partial charge in [0.15, 0.2) is 0 Å². The molecule has 3 aromatic carbocycles. The van der Waals surface area contributed by atoms with Crippen LogP contribution < -0.4 is 15.5 Å². The third-order valence-electron chi connectivity index (χ3n) is 11.6. The number of nitrogens with two attached hydrogens (primary N) is 1. The van der Waals surface area contributed by atoms with Crippen molar-refractivity contribution >= 4 is 73.8 Å². The van der Waals surface area contributed by atoms with Crippen LogP contribution in [-0.4, -0.2) is 46.6 Å². The van der Waals surface area contributed by atoms with E-state index in [1.54, 1.807) is 11.8 Å². The number of phenols is 1. The summed E-state index contributed by atoms with van der Waals surface area (Å²) in [6.07, 6.45) is 3.21. The van der Waals surface area contributed by atoms with E-state index in [0.717, 1.165) is 27.6 Å². The zero-order chi connectivity index (χ0) is 29.8. The van der Waals surface area contributed by atoms with E-state index in [4.69, 9.17) is 28.9 Å². The van der Waals surface area contributed by atoms with Crippen molar-refractivity contribution in [3.05, 3.63) is 59.3 Å². The number of hydrogen-bond acceptors (Lipinski definition) is 4. The van der Waals surface area contributed by atoms with Gasteiger partial charge in [0, 0.05) is 76.5 Å². The molecule has 0 bridgehead atoms. The number of aromatic nitrogens is 1. The van der Waals surface area contributed by atoms with Crippen LogP contribution in [0.15, 0.2) is 42.6 Å². The molecule has 0 radical (unpaired) electrons. The molecule has 2 aliphatic heterocycles. The van der Waals surface area contributed by atoms with E-state index in [2.05, 4.69) is 0 Å². The maximum atomic E-state index is 14.6. The highest BCUT2D eigenvalue weighted by Crippen LogP contribution is 3.01. The Morgan fingerprint density at radius 2 is 1.53 bits per heavy atom. The average Bonchev–Trinajstić information content (AvgIpc) is 3.42. The van der Waals surface area contributed by atoms with Crippen molar-refractivity contribution in [2.75, 3.05) is 40.4 Å². The predicted octanol–water partition coefficient (Wildman–Crippen LogP) is 6.33. The number of anilines is 3. The van der Waals surface area contributed by atoms with Crippen molar-refractivity contribution in [2.45, 2.75) is 38.0 Å². The first-order chi connectivity index (χ1) is 20.6. The second-order valence-corrected chi connectivity index (χ2v) is 14.0. The summed E-state index contributed by atoms with van der Waals surface area (Å²) in [5.41, 5.74) is 9.70. The van der Waals surface area contributed by atoms with Gasteiger partial charge >= 0.3 is 0 Å². The second-order valence-electron chi connectivity index (χ2n) is 13.4. The van der Waals surface area contributed by atoms with Crippen LogP contribution >= 0.6 is 23.2 Å². The Bertz CT molecular complexity index is 1990. The fourth-order valence-corrected chi connectivity index (χ4v) is 10.1. The molecule has 3 heterocycles. The minimum absolute atomic E-state index is 0.00336. The summed E-state index contributed by atoms with van der Waals surface area (Å²) in [6, 6.07) is 11.4. The number of nitrogen functional groups attached to an aromatic ring is 1. The van der Waals surface area contributed by atoms with E-state index < -0.39 is 10.8 Å². The van der Waals surface area contributed by atoms with Crippen molar-refractivity contribution in [1.29, 1.82) is 0 Å². The molecule has 4 aromatic rings. The first kappa shape index (κ1) is 26.0. The fraction of sp³-hybridized carbons (Fsp3) is 0.394. The summed E-state index contributed by atoms with van der Waals surface area (Å²) < 4.78 is 14.6. The molecule has 3 fully saturated rings. The maximum absolute atomic E-state index is 14.6. The molecule has 220 valence electrons. The number of hydrogen-bond donors (Lipinski definition) is 2. The van der Waals surface area contributed by atoms with Crippen LogP contribution in [0.1, 0.15) is 47.8 Å². The van der Waals surface area contributed by atoms with Crippen LogP contribution in [0.4, 0.5) is 21.5 Å². The summed E-state index contributed by atoms with van der Waals surface area (Å²) in [7, 11) is 0. The topological polar surface area (TPSA) is 91.8 Å². The first-order valence-corrected chi connectivity index (χ1v) is 15.8. The molecule has 2 amide bonds. The Labute approximate surface area is 256 Å². The van der Waals surface area contributed by atoms with Crippen LogP contribution in [0.3, 0.4) is 0 Å². The monoisotopic (exact) mass is 618 g/mol. The number of aromatic hydroxyl groups is 1. The Hall–Kier alpha value is -3.49. The van der Waals surface area contributed by atoms with Gasteiger partial charge in [0.05, 0.1) is 16.5 Å². The van der Waals surface area contributed by atoms with Crippen LogP contribution in [0.2, 0.25) is 0 Å². The first-order valence-electron chi connectivity index (χ1n) is 14.7. The standard InChI is InChI=1S/C33H29Cl2FN4O3/c1-16-10-40(36)28-24(41)7-23-27(25(16)28)18(9-35)12-39(23)30(43)32-13-31(14-33(31,32)15-32)29(42)38-11-17(8-34)26-20-5-3-2-4-19(20)21(37)6-22(26)38/h2-7,10,17-18,41H,8-9,11-15,37H2,1H3/t17-,18?,31?,32?,33?/m1/s1. The lowest BCUT2D eigenvalue weighted by Gasteiger charge is -2.37. The Kier molecular flexibility index (Phi) is 4.80. The average molecular weight is 620 g/mol. The minimum Gasteiger partial charge on any atom is -0.506 e. The third-order valence-corrected chi connectivity index (χ3v) is 12.3. The number of benzene rings is 3. The van der Waals surface area contributed by atoms with Crippen molar-refractivity contribution in [3.8, 4) is 5.75 Å². The smallest absolute Gasteiger partial charge is 0.233 e. The molecule has 43 heavy (non-hydrogen) atoms. The number of carbonyl (C=O) groups is 2. The summed E-state index contributed by atoms with van der Waals surface area (Å²) in [4.78, 5) is 32.7. The normalized spacial score (nSPS) is 31.1. The second kappa shape index (κ2) is 7.96. The van der Waals surface area contributed by atoms with Gasteiger partial charge in [-0.1, -0.05) is 28.7 Å². The SMILES string of the molecule is Cc1cn(F)c2c(O)cc3c(c12)C(CCl)CN3C(=O)C12CC3(C(=O)N4C[C@@H](CCl)c5c4cc(N)c4ccccc54)CC31C2. The van der Waals surface area contributed by atoms with E-state index in [9.17, 15) is 19.2 Å². The van der Waals surface area contributed by atoms with Crippen molar-refractivity contribution in [1.82, 2.24) is 4.79 Å². The van der Waals surface area contributed by atoms with Gasteiger partial charge in [-0.25, -0.2) is 0 Å². The molecule has 9 rings (SSSR count). The lowest BCUT2D eigenvalue weighted by atomic mass is 9.72. The third kappa shape index (κ3) is 2.80. The number of alkyl halides is 2. The lowest BCUT2D eigenvalue weighted by Crippen LogP contribution is -2.49. The van der Waals surface area contributed by atoms with Gasteiger partial charge in [-0.3, -0.25) is 9.59 Å². The maximum Gasteiger partial charge on any atom is 0.233 e. The van der Waals surface area contributed by atoms with E-state index in [-0.39, 0.29) is 46.2 Å². The molecular formula is C33H29Cl2FN4O3. The number of nitrogens with zero attached hydrogens (tertiary/aromatic N) is 3. The Morgan fingerprint density at radius 3 is 2.14 bits per heavy atom. The van der Waals surface area contributed by atoms with E-state index in [0.29, 0.717) is 65.3 Å². The van der Waals surface area contributed by atoms with Crippen LogP contribution in [-0.2, 0) is 9.59 Å². The number of halogens is 3. The van der Waals surface area contributed by atoms with E-state index >= 15 is 0 Å². The van der Waals surface area contributed by atoms with Gasteiger partial charge < -0.3 is 20.6 Å². The highest BCUT2D eigenvalue weighted by Gasteiger charge is 3.01. The van der Waals surface area contributed by atoms with Crippen LogP contribution in [0.5, 0.6) is 5.75 Å². The van der Waals surface area contributed by atoms with Gasteiger partial charge in [-0.2, -0.15) is 4.79 Å². The fourth-order valence-electron chi connectivity index (χ4n) is 9.63. The number of amides is 2. The van der Waals surface area contributed by atoms with Gasteiger partial charge in [-0.05, 0) is 54.3 Å². The lowest BCUT2D eigenvalue weighted by molar-refractivity contribution is -0.134. The summed E-state index contributed by atoms with van der Waals surface area (Å²) in [6.45, 7) is 2.67. The molecule has 7 nitrogen and oxygen atoms in total. The molecule has 5 atom stereocenters. The Morgan fingerprint density at radius 1 is 0.953 bits per heavy atom. The summed E-state index contributed by atoms with van der Waals surface area (Å²) in [5, 5.41) is 13.4. The minimum atomic E-state index is -0.594. The quantitative estimate of drug-likeness (QED) is 0.206. The molecule has 3 saturated carbocycles. The molecule has 3 aliphatic carbocycles. The highest BCUT2D eigenvalue weighted by atomic mass is 35.5. The zero-order valence-corrected chi connectivity index (χ0v) is 25.0. The van der Waals surface area contributed by atoms with Crippen LogP contribution in [0, 0.1) is 23.2 Å². The van der Waals surface area contributed by atoms with E-state index in [1.807, 2.05) is 35.2 Å². The summed E-state index contributed by atoms with van der Waals surface area (Å²) >= 11 is 12.8. The van der Waals surface area contributed by atoms with Crippen molar-refractivity contribution in [2.24, 2.45) is 16.2 Å². The number of rotatable bonds is 4. The van der Waals surface area contributed by atoms with Crippen LogP contribution in [0.25, 0.3) is 21.7 Å². The predicted molar refractivity (Wildman–Crippen MR) is 166 cm³/mol. The van der Waals surface area contributed by atoms with Gasteiger partial charge in [-0.15, -0.1) is 23.2 Å². The number of aryl methyl sites for hydroxylation is 1. The number of fused-ring (bicyclic) bond motifs is 6. The zero-order valence-electron chi connectivity index (χ0n) is 23.5. The van der Waals surface area contributed by atoms with Gasteiger partial charge in [0.2, 0.25) is 11.8 Å². The molecular weight excluding hydrogens is 590 g/mol. The summed E-state index contributed by atoms with van der Waals surface area (Å²) in [5.74, 6) is 0.317. The molecule has 4 unspecified atom stereocenters. The largest absolute Gasteiger partial charge is 0.506 e. The van der Waals surface area contributed by atoms with Crippen molar-refractivity contribution in [3.63, 3.8) is 0 Å².